The van der Waals surface area contributed by atoms with Crippen LogP contribution in [-0.4, -0.2) is 57.1 Å². The van der Waals surface area contributed by atoms with Gasteiger partial charge in [0, 0.05) is 34.5 Å². The second-order valence-corrected chi connectivity index (χ2v) is 9.74. The van der Waals surface area contributed by atoms with Crippen molar-refractivity contribution in [3.05, 3.63) is 76.7 Å². The van der Waals surface area contributed by atoms with Gasteiger partial charge in [0.1, 0.15) is 23.5 Å². The average Bonchev–Trinajstić information content (AvgIpc) is 3.64. The first-order valence-corrected chi connectivity index (χ1v) is 12.3. The third-order valence-corrected chi connectivity index (χ3v) is 7.21. The lowest BCUT2D eigenvalue weighted by molar-refractivity contribution is -0.129. The minimum atomic E-state index is -1.17. The van der Waals surface area contributed by atoms with E-state index in [1.54, 1.807) is 29.2 Å². The zero-order chi connectivity index (χ0) is 26.6. The fourth-order valence-electron chi connectivity index (χ4n) is 5.29. The monoisotopic (exact) mass is 538 g/mol. The van der Waals surface area contributed by atoms with Gasteiger partial charge in [-0.2, -0.15) is 9.07 Å². The van der Waals surface area contributed by atoms with Gasteiger partial charge in [0.2, 0.25) is 11.9 Å². The predicted molar refractivity (Wildman–Crippen MR) is 132 cm³/mol. The molecule has 2 N–H and O–H groups in total. The number of aliphatic hydroxyl groups is 1. The van der Waals surface area contributed by atoms with E-state index in [1.807, 2.05) is 0 Å². The number of carbonyl (C=O) groups excluding carboxylic acids is 1. The highest BCUT2D eigenvalue weighted by Gasteiger charge is 2.42. The van der Waals surface area contributed by atoms with Crippen molar-refractivity contribution in [2.75, 3.05) is 0 Å². The number of hydrogen-bond donors (Lipinski definition) is 2. The lowest BCUT2D eigenvalue weighted by Gasteiger charge is -2.33. The summed E-state index contributed by atoms with van der Waals surface area (Å²) in [6, 6.07) is 5.94. The molecule has 2 aliphatic rings. The molecule has 3 aromatic heterocycles. The zero-order valence-electron chi connectivity index (χ0n) is 20.0. The molecule has 4 aromatic rings. The first kappa shape index (κ1) is 24.3. The molecule has 0 bridgehead atoms. The van der Waals surface area contributed by atoms with E-state index in [2.05, 4.69) is 30.5 Å². The van der Waals surface area contributed by atoms with Crippen molar-refractivity contribution in [2.24, 2.45) is 0 Å². The second kappa shape index (κ2) is 9.37. The smallest absolute Gasteiger partial charge is 0.247 e. The lowest BCUT2D eigenvalue weighted by atomic mass is 9.92. The molecular weight excluding hydrogens is 518 g/mol. The quantitative estimate of drug-likeness (QED) is 0.394. The molecule has 0 saturated carbocycles. The average molecular weight is 539 g/mol. The van der Waals surface area contributed by atoms with Crippen LogP contribution in [0.1, 0.15) is 55.4 Å². The van der Waals surface area contributed by atoms with Crippen LogP contribution in [0.4, 0.5) is 8.78 Å². The van der Waals surface area contributed by atoms with E-state index in [4.69, 9.17) is 11.6 Å². The van der Waals surface area contributed by atoms with E-state index >= 15 is 0 Å². The fraction of sp³-hybridized carbons (Fsp3) is 0.280. The van der Waals surface area contributed by atoms with Gasteiger partial charge in [-0.05, 0) is 66.5 Å². The molecular formula is C25H21ClF2N8O2. The van der Waals surface area contributed by atoms with E-state index in [9.17, 15) is 18.7 Å². The Morgan fingerprint density at radius 1 is 1.21 bits per heavy atom. The Balaban J connectivity index is 1.33. The van der Waals surface area contributed by atoms with Gasteiger partial charge in [-0.15, -0.1) is 5.10 Å². The van der Waals surface area contributed by atoms with Crippen LogP contribution in [0.2, 0.25) is 5.02 Å². The first-order chi connectivity index (χ1) is 18.3. The maximum Gasteiger partial charge on any atom is 0.247 e. The molecule has 1 aromatic carbocycles. The number of nitrogens with zero attached hydrogens (tertiary/aromatic N) is 7. The van der Waals surface area contributed by atoms with Gasteiger partial charge in [0.25, 0.3) is 0 Å². The number of aliphatic hydroxyl groups excluding tert-OH is 1. The molecule has 13 heteroatoms. The third-order valence-electron chi connectivity index (χ3n) is 6.97. The largest absolute Gasteiger partial charge is 0.387 e. The summed E-state index contributed by atoms with van der Waals surface area (Å²) in [6.07, 6.45) is 4.91. The van der Waals surface area contributed by atoms with Crippen molar-refractivity contribution < 1.29 is 18.7 Å². The molecule has 38 heavy (non-hydrogen) atoms. The minimum absolute atomic E-state index is 0.117. The number of hydrogen-bond acceptors (Lipinski definition) is 7. The van der Waals surface area contributed by atoms with Crippen LogP contribution in [0.3, 0.4) is 0 Å². The van der Waals surface area contributed by atoms with Crippen molar-refractivity contribution >= 4 is 23.1 Å². The van der Waals surface area contributed by atoms with Crippen LogP contribution in [0.25, 0.3) is 22.5 Å². The maximum absolute atomic E-state index is 15.0. The summed E-state index contributed by atoms with van der Waals surface area (Å²) >= 11 is 6.28. The molecule has 0 aliphatic carbocycles. The normalized spacial score (nSPS) is 20.0. The summed E-state index contributed by atoms with van der Waals surface area (Å²) in [5.74, 6) is -1.68. The van der Waals surface area contributed by atoms with Crippen molar-refractivity contribution in [3.63, 3.8) is 0 Å². The Bertz CT molecular complexity index is 1570. The summed E-state index contributed by atoms with van der Waals surface area (Å²) in [4.78, 5) is 25.9. The molecule has 1 unspecified atom stereocenters. The zero-order valence-corrected chi connectivity index (χ0v) is 20.8. The van der Waals surface area contributed by atoms with Gasteiger partial charge in [-0.3, -0.25) is 9.78 Å². The highest BCUT2D eigenvalue weighted by atomic mass is 35.5. The summed E-state index contributed by atoms with van der Waals surface area (Å²) in [7, 11) is 0. The molecule has 6 rings (SSSR count). The number of imidazole rings is 1. The van der Waals surface area contributed by atoms with Gasteiger partial charge in [0.15, 0.2) is 5.82 Å². The topological polar surface area (TPSA) is 126 Å². The summed E-state index contributed by atoms with van der Waals surface area (Å²) in [5, 5.41) is 21.6. The van der Waals surface area contributed by atoms with Crippen LogP contribution < -0.4 is 0 Å². The number of aromatic amines is 1. The number of aromatic nitrogens is 7. The van der Waals surface area contributed by atoms with Gasteiger partial charge < -0.3 is 15.0 Å². The SMILES string of the molecule is CC(O)c1nccc(-c2nc([C@@H]3CC[C@@H]4CC(c5cc(Cl)ccc5-n5cnnn5)=CC(=O)N43)[nH]c2F)c1F. The molecule has 0 radical (unpaired) electrons. The number of pyridine rings is 1. The van der Waals surface area contributed by atoms with Crippen LogP contribution in [0.15, 0.2) is 42.9 Å². The lowest BCUT2D eigenvalue weighted by Crippen LogP contribution is -2.39. The van der Waals surface area contributed by atoms with E-state index < -0.39 is 23.9 Å². The van der Waals surface area contributed by atoms with Gasteiger partial charge in [-0.1, -0.05) is 11.6 Å². The standard InChI is InChI=1S/C25H21ClF2N8O2/c1-12(37)22-21(27)16(6-7-29-22)23-24(28)32-25(31-23)19-5-3-15-8-13(9-20(38)36(15)19)17-10-14(26)2-4-18(17)35-11-30-33-34-35/h2,4,6-7,9-12,15,19,37H,3,5,8H2,1H3,(H,31,32)/t12?,15-,19+/m1/s1. The molecule has 194 valence electrons. The predicted octanol–water partition coefficient (Wildman–Crippen LogP) is 3.95. The molecule has 10 nitrogen and oxygen atoms in total. The Morgan fingerprint density at radius 3 is 2.82 bits per heavy atom. The van der Waals surface area contributed by atoms with Crippen LogP contribution in [-0.2, 0) is 4.79 Å². The number of halogens is 3. The minimum Gasteiger partial charge on any atom is -0.387 e. The maximum atomic E-state index is 15.0. The second-order valence-electron chi connectivity index (χ2n) is 9.30. The fourth-order valence-corrected chi connectivity index (χ4v) is 5.46. The Kier molecular flexibility index (Phi) is 6.00. The number of benzene rings is 1. The van der Waals surface area contributed by atoms with Crippen LogP contribution in [0.5, 0.6) is 0 Å². The summed E-state index contributed by atoms with van der Waals surface area (Å²) < 4.78 is 31.4. The number of H-pyrrole nitrogens is 1. The number of rotatable bonds is 5. The molecule has 2 aliphatic heterocycles. The van der Waals surface area contributed by atoms with Crippen molar-refractivity contribution in [2.45, 2.75) is 44.4 Å². The van der Waals surface area contributed by atoms with Crippen LogP contribution in [0, 0.1) is 11.8 Å². The van der Waals surface area contributed by atoms with Gasteiger partial charge in [0.05, 0.1) is 17.8 Å². The highest BCUT2D eigenvalue weighted by molar-refractivity contribution is 6.30. The molecule has 0 spiro atoms. The summed E-state index contributed by atoms with van der Waals surface area (Å²) in [5.41, 5.74) is 1.69. The van der Waals surface area contributed by atoms with Gasteiger partial charge in [-0.25, -0.2) is 9.37 Å². The van der Waals surface area contributed by atoms with Crippen LogP contribution >= 0.6 is 11.6 Å². The molecule has 5 heterocycles. The van der Waals surface area contributed by atoms with E-state index in [0.717, 1.165) is 11.1 Å². The Labute approximate surface area is 220 Å². The van der Waals surface area contributed by atoms with Crippen molar-refractivity contribution in [1.29, 1.82) is 0 Å². The molecule has 1 fully saturated rings. The number of amides is 1. The van der Waals surface area contributed by atoms with E-state index in [-0.39, 0.29) is 34.7 Å². The number of tetrazole rings is 1. The van der Waals surface area contributed by atoms with Gasteiger partial charge >= 0.3 is 0 Å². The Morgan fingerprint density at radius 2 is 2.05 bits per heavy atom. The van der Waals surface area contributed by atoms with E-state index in [0.29, 0.717) is 30.0 Å². The molecule has 3 atom stereocenters. The van der Waals surface area contributed by atoms with E-state index in [1.165, 1.54) is 30.2 Å². The highest BCUT2D eigenvalue weighted by Crippen LogP contribution is 2.43. The Hall–Kier alpha value is -4.03. The number of carbonyl (C=O) groups is 1. The number of nitrogens with one attached hydrogen (secondary N) is 1. The first-order valence-electron chi connectivity index (χ1n) is 12.0. The van der Waals surface area contributed by atoms with Crippen molar-refractivity contribution in [3.8, 4) is 16.9 Å². The number of fused-ring (bicyclic) bond motifs is 1. The third kappa shape index (κ3) is 4.05. The van der Waals surface area contributed by atoms with Crippen molar-refractivity contribution in [1.82, 2.24) is 40.1 Å². The molecule has 1 amide bonds. The molecule has 1 saturated heterocycles. The summed E-state index contributed by atoms with van der Waals surface area (Å²) in [6.45, 7) is 1.37.